The molecular formula is C22H25ClN4O2S2. The van der Waals surface area contributed by atoms with E-state index in [1.165, 1.54) is 11.8 Å². The van der Waals surface area contributed by atoms with E-state index in [2.05, 4.69) is 21.2 Å². The summed E-state index contributed by atoms with van der Waals surface area (Å²) in [5.74, 6) is 1.29. The quantitative estimate of drug-likeness (QED) is 0.496. The van der Waals surface area contributed by atoms with Gasteiger partial charge in [0.2, 0.25) is 5.91 Å². The lowest BCUT2D eigenvalue weighted by Gasteiger charge is -2.34. The van der Waals surface area contributed by atoms with Crippen LogP contribution in [0.3, 0.4) is 0 Å². The van der Waals surface area contributed by atoms with Crippen LogP contribution >= 0.6 is 34.7 Å². The largest absolute Gasteiger partial charge is 0.494 e. The number of thiazole rings is 1. The summed E-state index contributed by atoms with van der Waals surface area (Å²) in [4.78, 5) is 22.7. The summed E-state index contributed by atoms with van der Waals surface area (Å²) < 4.78 is 6.58. The first-order valence-corrected chi connectivity index (χ1v) is 12.4. The van der Waals surface area contributed by atoms with Crippen LogP contribution in [0.1, 0.15) is 0 Å². The Morgan fingerprint density at radius 2 is 1.97 bits per heavy atom. The van der Waals surface area contributed by atoms with Crippen molar-refractivity contribution in [3.05, 3.63) is 47.5 Å². The van der Waals surface area contributed by atoms with Crippen LogP contribution in [0.15, 0.2) is 47.4 Å². The van der Waals surface area contributed by atoms with Gasteiger partial charge in [-0.25, -0.2) is 4.98 Å². The Morgan fingerprint density at radius 3 is 2.71 bits per heavy atom. The number of thioether (sulfide) groups is 1. The number of halogens is 1. The smallest absolute Gasteiger partial charge is 0.230 e. The van der Waals surface area contributed by atoms with Crippen LogP contribution in [-0.4, -0.2) is 67.9 Å². The molecule has 1 N–H and O–H groups in total. The molecule has 31 heavy (non-hydrogen) atoms. The minimum Gasteiger partial charge on any atom is -0.494 e. The number of ether oxygens (including phenoxy) is 1. The Morgan fingerprint density at radius 1 is 1.19 bits per heavy atom. The molecule has 1 saturated heterocycles. The summed E-state index contributed by atoms with van der Waals surface area (Å²) in [6, 6.07) is 13.6. The fourth-order valence-electron chi connectivity index (χ4n) is 3.46. The number of rotatable bonds is 8. The van der Waals surface area contributed by atoms with E-state index in [1.807, 2.05) is 36.4 Å². The van der Waals surface area contributed by atoms with Crippen molar-refractivity contribution in [3.63, 3.8) is 0 Å². The maximum absolute atomic E-state index is 12.1. The van der Waals surface area contributed by atoms with Crippen LogP contribution < -0.4 is 15.0 Å². The van der Waals surface area contributed by atoms with Gasteiger partial charge < -0.3 is 15.0 Å². The average Bonchev–Trinajstić information content (AvgIpc) is 3.24. The first kappa shape index (κ1) is 22.2. The minimum atomic E-state index is 0.0574. The van der Waals surface area contributed by atoms with Gasteiger partial charge in [-0.05, 0) is 36.4 Å². The van der Waals surface area contributed by atoms with E-state index < -0.39 is 0 Å². The molecule has 0 radical (unpaired) electrons. The second kappa shape index (κ2) is 10.5. The number of piperazine rings is 1. The highest BCUT2D eigenvalue weighted by molar-refractivity contribution is 8.00. The molecule has 1 fully saturated rings. The maximum atomic E-state index is 12.1. The van der Waals surface area contributed by atoms with Gasteiger partial charge in [0.1, 0.15) is 11.3 Å². The number of hydrogen-bond donors (Lipinski definition) is 1. The lowest BCUT2D eigenvalue weighted by molar-refractivity contribution is -0.118. The number of anilines is 1. The highest BCUT2D eigenvalue weighted by atomic mass is 35.5. The average molecular weight is 477 g/mol. The molecule has 1 aliphatic heterocycles. The molecule has 0 unspecified atom stereocenters. The number of methoxy groups -OCH3 is 1. The number of amides is 1. The van der Waals surface area contributed by atoms with Crippen LogP contribution in [0.4, 0.5) is 5.13 Å². The van der Waals surface area contributed by atoms with Crippen LogP contribution in [0.2, 0.25) is 5.02 Å². The molecule has 0 atom stereocenters. The summed E-state index contributed by atoms with van der Waals surface area (Å²) >= 11 is 9.12. The van der Waals surface area contributed by atoms with E-state index in [0.29, 0.717) is 17.3 Å². The number of nitrogens with one attached hydrogen (secondary N) is 1. The van der Waals surface area contributed by atoms with Gasteiger partial charge in [0.25, 0.3) is 0 Å². The third kappa shape index (κ3) is 5.83. The molecule has 4 rings (SSSR count). The van der Waals surface area contributed by atoms with E-state index in [0.717, 1.165) is 58.7 Å². The molecule has 6 nitrogen and oxygen atoms in total. The first-order valence-electron chi connectivity index (χ1n) is 10.2. The zero-order chi connectivity index (χ0) is 21.6. The van der Waals surface area contributed by atoms with Crippen molar-refractivity contribution < 1.29 is 9.53 Å². The molecule has 0 aliphatic carbocycles. The molecule has 2 heterocycles. The third-order valence-electron chi connectivity index (χ3n) is 5.17. The van der Waals surface area contributed by atoms with Gasteiger partial charge in [-0.3, -0.25) is 9.69 Å². The van der Waals surface area contributed by atoms with Crippen molar-refractivity contribution in [2.45, 2.75) is 4.90 Å². The summed E-state index contributed by atoms with van der Waals surface area (Å²) in [7, 11) is 1.68. The monoisotopic (exact) mass is 476 g/mol. The Kier molecular flexibility index (Phi) is 7.55. The van der Waals surface area contributed by atoms with Crippen LogP contribution in [0.5, 0.6) is 5.75 Å². The van der Waals surface area contributed by atoms with Gasteiger partial charge in [-0.15, -0.1) is 11.8 Å². The highest BCUT2D eigenvalue weighted by Crippen LogP contribution is 2.34. The predicted molar refractivity (Wildman–Crippen MR) is 130 cm³/mol. The van der Waals surface area contributed by atoms with Crippen molar-refractivity contribution in [1.82, 2.24) is 15.2 Å². The molecule has 3 aromatic rings. The summed E-state index contributed by atoms with van der Waals surface area (Å²) in [5.41, 5.74) is 0.937. The normalized spacial score (nSPS) is 14.7. The predicted octanol–water partition coefficient (Wildman–Crippen LogP) is 3.99. The second-order valence-electron chi connectivity index (χ2n) is 7.22. The molecule has 0 bridgehead atoms. The highest BCUT2D eigenvalue weighted by Gasteiger charge is 2.20. The number of carbonyl (C=O) groups excluding carboxylic acids is 1. The SMILES string of the molecule is COc1cccc2sc(N3CCN(CCNC(=O)CSc4ccc(Cl)cc4)CC3)nc12. The first-order chi connectivity index (χ1) is 15.1. The maximum Gasteiger partial charge on any atom is 0.230 e. The fourth-order valence-corrected chi connectivity index (χ4v) is 5.35. The van der Waals surface area contributed by atoms with Crippen molar-refractivity contribution in [2.24, 2.45) is 0 Å². The van der Waals surface area contributed by atoms with Crippen molar-refractivity contribution in [2.75, 3.05) is 57.0 Å². The molecule has 1 amide bonds. The molecule has 1 aliphatic rings. The van der Waals surface area contributed by atoms with E-state index in [9.17, 15) is 4.79 Å². The second-order valence-corrected chi connectivity index (χ2v) is 9.72. The van der Waals surface area contributed by atoms with Crippen molar-refractivity contribution in [1.29, 1.82) is 0 Å². The molecule has 0 saturated carbocycles. The number of carbonyl (C=O) groups is 1. The molecule has 0 spiro atoms. The van der Waals surface area contributed by atoms with Gasteiger partial charge in [-0.1, -0.05) is 29.0 Å². The van der Waals surface area contributed by atoms with Crippen molar-refractivity contribution >= 4 is 56.0 Å². The Labute approximate surface area is 195 Å². The van der Waals surface area contributed by atoms with Gasteiger partial charge in [-0.2, -0.15) is 0 Å². The topological polar surface area (TPSA) is 57.7 Å². The lowest BCUT2D eigenvalue weighted by atomic mass is 10.3. The lowest BCUT2D eigenvalue weighted by Crippen LogP contribution is -2.48. The van der Waals surface area contributed by atoms with Gasteiger partial charge in [0, 0.05) is 49.2 Å². The summed E-state index contributed by atoms with van der Waals surface area (Å²) in [6.07, 6.45) is 0. The number of benzene rings is 2. The number of para-hydroxylation sites is 1. The minimum absolute atomic E-state index is 0.0574. The molecular weight excluding hydrogens is 452 g/mol. The fraction of sp³-hybridized carbons (Fsp3) is 0.364. The molecule has 9 heteroatoms. The van der Waals surface area contributed by atoms with Gasteiger partial charge in [0.15, 0.2) is 5.13 Å². The van der Waals surface area contributed by atoms with Gasteiger partial charge in [0.05, 0.1) is 17.6 Å². The van der Waals surface area contributed by atoms with E-state index >= 15 is 0 Å². The molecule has 1 aromatic heterocycles. The Bertz CT molecular complexity index is 1020. The van der Waals surface area contributed by atoms with Crippen molar-refractivity contribution in [3.8, 4) is 5.75 Å². The Balaban J connectivity index is 1.18. The van der Waals surface area contributed by atoms with Gasteiger partial charge >= 0.3 is 0 Å². The number of hydrogen-bond acceptors (Lipinski definition) is 7. The molecule has 2 aromatic carbocycles. The van der Waals surface area contributed by atoms with Crippen LogP contribution in [0, 0.1) is 0 Å². The zero-order valence-corrected chi connectivity index (χ0v) is 19.7. The van der Waals surface area contributed by atoms with E-state index in [4.69, 9.17) is 21.3 Å². The van der Waals surface area contributed by atoms with E-state index in [-0.39, 0.29) is 5.91 Å². The van der Waals surface area contributed by atoms with Crippen LogP contribution in [0.25, 0.3) is 10.2 Å². The summed E-state index contributed by atoms with van der Waals surface area (Å²) in [5, 5.41) is 4.77. The van der Waals surface area contributed by atoms with Crippen LogP contribution in [-0.2, 0) is 4.79 Å². The number of fused-ring (bicyclic) bond motifs is 1. The number of aromatic nitrogens is 1. The third-order valence-corrected chi connectivity index (χ3v) is 7.51. The standard InChI is InChI=1S/C22H25ClN4O2S2/c1-29-18-3-2-4-19-21(18)25-22(31-19)27-13-11-26(12-14-27)10-9-24-20(28)15-30-17-7-5-16(23)6-8-17/h2-8H,9-15H2,1H3,(H,24,28). The summed E-state index contributed by atoms with van der Waals surface area (Å²) in [6.45, 7) is 5.31. The molecule has 164 valence electrons. The Hall–Kier alpha value is -2.00. The van der Waals surface area contributed by atoms with E-state index in [1.54, 1.807) is 18.4 Å². The zero-order valence-electron chi connectivity index (χ0n) is 17.3. The number of nitrogens with zero attached hydrogens (tertiary/aromatic N) is 3.